The number of aryl methyl sites for hydroxylation is 1. The first kappa shape index (κ1) is 12.9. The smallest absolute Gasteiger partial charge is 0.258 e. The van der Waals surface area contributed by atoms with Crippen LogP contribution >= 0.6 is 15.9 Å². The lowest BCUT2D eigenvalue weighted by molar-refractivity contribution is 0.102. The van der Waals surface area contributed by atoms with Crippen molar-refractivity contribution >= 4 is 38.6 Å². The van der Waals surface area contributed by atoms with Gasteiger partial charge in [-0.15, -0.1) is 0 Å². The Labute approximate surface area is 124 Å². The van der Waals surface area contributed by atoms with E-state index in [1.54, 1.807) is 12.4 Å². The molecule has 0 aliphatic carbocycles. The third-order valence-electron chi connectivity index (χ3n) is 3.05. The van der Waals surface area contributed by atoms with Crippen LogP contribution in [-0.2, 0) is 0 Å². The van der Waals surface area contributed by atoms with E-state index in [1.165, 1.54) is 0 Å². The maximum absolute atomic E-state index is 12.3. The van der Waals surface area contributed by atoms with E-state index in [0.717, 1.165) is 20.9 Å². The molecule has 100 valence electrons. The second-order valence-electron chi connectivity index (χ2n) is 4.56. The van der Waals surface area contributed by atoms with E-state index in [0.29, 0.717) is 11.4 Å². The molecule has 0 spiro atoms. The SMILES string of the molecule is Cc1ccnc(NC(=O)c2c[nH]c3ccc(Br)cc23)c1. The highest BCUT2D eigenvalue weighted by Gasteiger charge is 2.13. The fourth-order valence-electron chi connectivity index (χ4n) is 2.07. The van der Waals surface area contributed by atoms with E-state index in [4.69, 9.17) is 0 Å². The quantitative estimate of drug-likeness (QED) is 0.749. The van der Waals surface area contributed by atoms with Crippen molar-refractivity contribution in [1.82, 2.24) is 9.97 Å². The summed E-state index contributed by atoms with van der Waals surface area (Å²) >= 11 is 3.42. The molecule has 3 rings (SSSR count). The number of pyridine rings is 1. The molecule has 3 aromatic rings. The first-order valence-electron chi connectivity index (χ1n) is 6.14. The molecule has 2 aromatic heterocycles. The van der Waals surface area contributed by atoms with Crippen molar-refractivity contribution in [2.75, 3.05) is 5.32 Å². The van der Waals surface area contributed by atoms with Gasteiger partial charge in [-0.1, -0.05) is 15.9 Å². The minimum absolute atomic E-state index is 0.174. The molecule has 0 saturated carbocycles. The average Bonchev–Trinajstić information content (AvgIpc) is 2.81. The molecular formula is C15H12BrN3O. The van der Waals surface area contributed by atoms with Gasteiger partial charge in [0.2, 0.25) is 0 Å². The summed E-state index contributed by atoms with van der Waals surface area (Å²) in [6.45, 7) is 1.96. The van der Waals surface area contributed by atoms with Crippen LogP contribution in [0.15, 0.2) is 47.2 Å². The fraction of sp³-hybridized carbons (Fsp3) is 0.0667. The summed E-state index contributed by atoms with van der Waals surface area (Å²) in [5.41, 5.74) is 2.58. The standard InChI is InChI=1S/C15H12BrN3O/c1-9-4-5-17-14(6-9)19-15(20)12-8-18-13-3-2-10(16)7-11(12)13/h2-8,18H,1H3,(H,17,19,20). The lowest BCUT2D eigenvalue weighted by Gasteiger charge is -2.04. The molecule has 0 unspecified atom stereocenters. The third-order valence-corrected chi connectivity index (χ3v) is 3.54. The van der Waals surface area contributed by atoms with Crippen LogP contribution < -0.4 is 5.32 Å². The first-order chi connectivity index (χ1) is 9.63. The van der Waals surface area contributed by atoms with Gasteiger partial charge >= 0.3 is 0 Å². The minimum Gasteiger partial charge on any atom is -0.360 e. The fourth-order valence-corrected chi connectivity index (χ4v) is 2.43. The first-order valence-corrected chi connectivity index (χ1v) is 6.93. The molecule has 0 aliphatic heterocycles. The van der Waals surface area contributed by atoms with Crippen molar-refractivity contribution in [3.63, 3.8) is 0 Å². The van der Waals surface area contributed by atoms with Gasteiger partial charge in [0, 0.05) is 27.8 Å². The molecule has 4 nitrogen and oxygen atoms in total. The van der Waals surface area contributed by atoms with Crippen molar-refractivity contribution in [2.45, 2.75) is 6.92 Å². The van der Waals surface area contributed by atoms with Crippen molar-refractivity contribution in [3.8, 4) is 0 Å². The molecule has 0 bridgehead atoms. The van der Waals surface area contributed by atoms with Gasteiger partial charge in [0.05, 0.1) is 5.56 Å². The lowest BCUT2D eigenvalue weighted by atomic mass is 10.1. The largest absolute Gasteiger partial charge is 0.360 e. The molecule has 0 atom stereocenters. The Morgan fingerprint density at radius 2 is 2.15 bits per heavy atom. The molecule has 1 amide bonds. The molecule has 20 heavy (non-hydrogen) atoms. The van der Waals surface area contributed by atoms with Gasteiger partial charge in [-0.25, -0.2) is 4.98 Å². The summed E-state index contributed by atoms with van der Waals surface area (Å²) in [5.74, 6) is 0.381. The number of hydrogen-bond donors (Lipinski definition) is 2. The third kappa shape index (κ3) is 2.44. The Balaban J connectivity index is 1.94. The Hall–Kier alpha value is -2.14. The van der Waals surface area contributed by atoms with Gasteiger partial charge < -0.3 is 10.3 Å². The topological polar surface area (TPSA) is 57.8 Å². The number of fused-ring (bicyclic) bond motifs is 1. The number of aromatic nitrogens is 2. The normalized spacial score (nSPS) is 10.7. The zero-order valence-electron chi connectivity index (χ0n) is 10.8. The van der Waals surface area contributed by atoms with Crippen LogP contribution in [0.1, 0.15) is 15.9 Å². The summed E-state index contributed by atoms with van der Waals surface area (Å²) < 4.78 is 0.937. The van der Waals surface area contributed by atoms with Gasteiger partial charge in [-0.05, 0) is 42.8 Å². The zero-order chi connectivity index (χ0) is 14.1. The predicted molar refractivity (Wildman–Crippen MR) is 82.9 cm³/mol. The molecule has 0 saturated heterocycles. The summed E-state index contributed by atoms with van der Waals surface area (Å²) in [5, 5.41) is 3.69. The maximum atomic E-state index is 12.3. The summed E-state index contributed by atoms with van der Waals surface area (Å²) in [7, 11) is 0. The van der Waals surface area contributed by atoms with Crippen molar-refractivity contribution < 1.29 is 4.79 Å². The Morgan fingerprint density at radius 3 is 2.95 bits per heavy atom. The Kier molecular flexibility index (Phi) is 3.28. The van der Waals surface area contributed by atoms with Crippen LogP contribution in [-0.4, -0.2) is 15.9 Å². The van der Waals surface area contributed by atoms with E-state index < -0.39 is 0 Å². The van der Waals surface area contributed by atoms with Gasteiger partial charge in [0.25, 0.3) is 5.91 Å². The molecular weight excluding hydrogens is 318 g/mol. The number of nitrogens with one attached hydrogen (secondary N) is 2. The van der Waals surface area contributed by atoms with Crippen molar-refractivity contribution in [3.05, 3.63) is 58.3 Å². The average molecular weight is 330 g/mol. The van der Waals surface area contributed by atoms with Crippen LogP contribution in [0.25, 0.3) is 10.9 Å². The molecule has 1 aromatic carbocycles. The predicted octanol–water partition coefficient (Wildman–Crippen LogP) is 3.89. The van der Waals surface area contributed by atoms with E-state index in [-0.39, 0.29) is 5.91 Å². The number of anilines is 1. The van der Waals surface area contributed by atoms with Crippen LogP contribution in [0, 0.1) is 6.92 Å². The molecule has 5 heteroatoms. The Morgan fingerprint density at radius 1 is 1.30 bits per heavy atom. The van der Waals surface area contributed by atoms with Crippen molar-refractivity contribution in [2.24, 2.45) is 0 Å². The van der Waals surface area contributed by atoms with Crippen LogP contribution in [0.4, 0.5) is 5.82 Å². The number of halogens is 1. The van der Waals surface area contributed by atoms with Gasteiger partial charge in [-0.3, -0.25) is 4.79 Å². The molecule has 2 heterocycles. The number of nitrogens with zero attached hydrogens (tertiary/aromatic N) is 1. The summed E-state index contributed by atoms with van der Waals surface area (Å²) in [6.07, 6.45) is 3.39. The minimum atomic E-state index is -0.174. The number of amides is 1. The molecule has 0 fully saturated rings. The highest BCUT2D eigenvalue weighted by atomic mass is 79.9. The number of hydrogen-bond acceptors (Lipinski definition) is 2. The van der Waals surface area contributed by atoms with Crippen LogP contribution in [0.2, 0.25) is 0 Å². The number of carbonyl (C=O) groups is 1. The molecule has 0 aliphatic rings. The van der Waals surface area contributed by atoms with Gasteiger partial charge in [-0.2, -0.15) is 0 Å². The maximum Gasteiger partial charge on any atom is 0.258 e. The number of H-pyrrole nitrogens is 1. The van der Waals surface area contributed by atoms with Crippen molar-refractivity contribution in [1.29, 1.82) is 0 Å². The molecule has 2 N–H and O–H groups in total. The summed E-state index contributed by atoms with van der Waals surface area (Å²) in [4.78, 5) is 19.6. The molecule has 0 radical (unpaired) electrons. The highest BCUT2D eigenvalue weighted by Crippen LogP contribution is 2.23. The van der Waals surface area contributed by atoms with E-state index in [9.17, 15) is 4.79 Å². The van der Waals surface area contributed by atoms with Gasteiger partial charge in [0.15, 0.2) is 0 Å². The number of aromatic amines is 1. The number of benzene rings is 1. The monoisotopic (exact) mass is 329 g/mol. The van der Waals surface area contributed by atoms with Crippen LogP contribution in [0.5, 0.6) is 0 Å². The summed E-state index contributed by atoms with van der Waals surface area (Å²) in [6, 6.07) is 9.51. The second-order valence-corrected chi connectivity index (χ2v) is 5.48. The lowest BCUT2D eigenvalue weighted by Crippen LogP contribution is -2.12. The van der Waals surface area contributed by atoms with E-state index >= 15 is 0 Å². The van der Waals surface area contributed by atoms with Crippen LogP contribution in [0.3, 0.4) is 0 Å². The second kappa shape index (κ2) is 5.09. The van der Waals surface area contributed by atoms with E-state index in [2.05, 4.69) is 31.2 Å². The Bertz CT molecular complexity index is 795. The number of carbonyl (C=O) groups excluding carboxylic acids is 1. The van der Waals surface area contributed by atoms with Gasteiger partial charge in [0.1, 0.15) is 5.82 Å². The zero-order valence-corrected chi connectivity index (χ0v) is 12.4. The number of rotatable bonds is 2. The van der Waals surface area contributed by atoms with E-state index in [1.807, 2.05) is 37.3 Å². The highest BCUT2D eigenvalue weighted by molar-refractivity contribution is 9.10.